The van der Waals surface area contributed by atoms with E-state index in [1.54, 1.807) is 13.8 Å². The number of alkyl halides is 2. The Labute approximate surface area is 239 Å². The van der Waals surface area contributed by atoms with Gasteiger partial charge in [-0.3, -0.25) is 4.79 Å². The summed E-state index contributed by atoms with van der Waals surface area (Å²) in [5.41, 5.74) is -7.71. The van der Waals surface area contributed by atoms with Crippen LogP contribution in [-0.4, -0.2) is 57.8 Å². The molecule has 5 saturated carbocycles. The third kappa shape index (κ3) is 3.30. The molecule has 226 valence electrons. The van der Waals surface area contributed by atoms with Gasteiger partial charge in [0.1, 0.15) is 12.3 Å². The number of carboxylic acids is 1. The molecule has 0 aromatic heterocycles. The minimum atomic E-state index is -2.35. The first-order chi connectivity index (χ1) is 19.0. The molecule has 0 aromatic carbocycles. The van der Waals surface area contributed by atoms with E-state index < -0.39 is 76.1 Å². The van der Waals surface area contributed by atoms with Crippen molar-refractivity contribution in [2.75, 3.05) is 0 Å². The standard InChI is InChI=1S/C32H42F2O7/c1-15-11-20-21-13-23(33)22-12-17(35)9-10-29(22,5)31(21,34)24(36)14-30(20,6)32(15,26(37)38)41-27(39)40-25-18-7-8-19(16(18)2)28(25,3)4/h9-10,12,15-16,18-21,23-25,36H,7-8,11,13-14H2,1-6H3,(H,37,38)/t15-,16-,18-,19+,20+,21+,23+,24+,25-,29+,30+,31+,32+/m1/s1. The van der Waals surface area contributed by atoms with Crippen molar-refractivity contribution in [1.29, 1.82) is 0 Å². The highest BCUT2D eigenvalue weighted by Gasteiger charge is 2.79. The Bertz CT molecular complexity index is 1260. The maximum absolute atomic E-state index is 17.5. The fourth-order valence-corrected chi connectivity index (χ4v) is 11.2. The number of fused-ring (bicyclic) bond motifs is 7. The normalized spacial score (nSPS) is 52.8. The van der Waals surface area contributed by atoms with Crippen molar-refractivity contribution in [3.05, 3.63) is 23.8 Å². The first kappa shape index (κ1) is 28.8. The number of carbonyl (C=O) groups is 3. The van der Waals surface area contributed by atoms with Crippen LogP contribution in [0, 0.1) is 51.8 Å². The number of allylic oxidation sites excluding steroid dienone is 4. The zero-order valence-corrected chi connectivity index (χ0v) is 24.7. The van der Waals surface area contributed by atoms with Gasteiger partial charge in [-0.15, -0.1) is 0 Å². The van der Waals surface area contributed by atoms with Crippen LogP contribution < -0.4 is 0 Å². The Hall–Kier alpha value is -2.29. The van der Waals surface area contributed by atoms with Gasteiger partial charge in [-0.25, -0.2) is 18.4 Å². The van der Waals surface area contributed by atoms with Crippen LogP contribution in [0.1, 0.15) is 73.6 Å². The lowest BCUT2D eigenvalue weighted by molar-refractivity contribution is -0.233. The van der Waals surface area contributed by atoms with E-state index in [1.165, 1.54) is 19.1 Å². The number of carbonyl (C=O) groups excluding carboxylic acids is 2. The summed E-state index contributed by atoms with van der Waals surface area (Å²) in [7, 11) is 0. The van der Waals surface area contributed by atoms with Gasteiger partial charge in [-0.1, -0.05) is 40.7 Å². The molecular formula is C32H42F2O7. The molecular weight excluding hydrogens is 534 g/mol. The summed E-state index contributed by atoms with van der Waals surface area (Å²) < 4.78 is 45.0. The maximum atomic E-state index is 17.5. The van der Waals surface area contributed by atoms with Gasteiger partial charge >= 0.3 is 12.1 Å². The van der Waals surface area contributed by atoms with Crippen molar-refractivity contribution in [1.82, 2.24) is 0 Å². The van der Waals surface area contributed by atoms with E-state index in [2.05, 4.69) is 20.8 Å². The van der Waals surface area contributed by atoms with Crippen LogP contribution in [0.15, 0.2) is 23.8 Å². The molecule has 0 unspecified atom stereocenters. The highest BCUT2D eigenvalue weighted by molar-refractivity contribution is 6.01. The Morgan fingerprint density at radius 1 is 1.05 bits per heavy atom. The van der Waals surface area contributed by atoms with Crippen molar-refractivity contribution >= 4 is 17.9 Å². The number of hydrogen-bond acceptors (Lipinski definition) is 6. The van der Waals surface area contributed by atoms with E-state index in [-0.39, 0.29) is 36.2 Å². The van der Waals surface area contributed by atoms with Crippen LogP contribution in [0.2, 0.25) is 0 Å². The van der Waals surface area contributed by atoms with Crippen LogP contribution >= 0.6 is 0 Å². The van der Waals surface area contributed by atoms with Gasteiger partial charge in [0, 0.05) is 28.1 Å². The van der Waals surface area contributed by atoms with Crippen molar-refractivity contribution in [2.45, 2.75) is 103 Å². The third-order valence-corrected chi connectivity index (χ3v) is 13.2. The molecule has 2 N–H and O–H groups in total. The fraction of sp³-hybridized carbons (Fsp3) is 0.781. The lowest BCUT2D eigenvalue weighted by Crippen LogP contribution is -2.71. The lowest BCUT2D eigenvalue weighted by Gasteiger charge is -2.62. The number of carboxylic acid groups (broad SMARTS) is 1. The first-order valence-electron chi connectivity index (χ1n) is 15.1. The van der Waals surface area contributed by atoms with E-state index >= 15 is 8.78 Å². The largest absolute Gasteiger partial charge is 0.509 e. The topological polar surface area (TPSA) is 110 Å². The average Bonchev–Trinajstić information content (AvgIpc) is 3.42. The highest BCUT2D eigenvalue weighted by atomic mass is 19.1. The number of ketones is 1. The second kappa shape index (κ2) is 8.64. The predicted molar refractivity (Wildman–Crippen MR) is 144 cm³/mol. The molecule has 0 aromatic rings. The van der Waals surface area contributed by atoms with Crippen LogP contribution in [0.3, 0.4) is 0 Å². The van der Waals surface area contributed by atoms with E-state index in [4.69, 9.17) is 9.47 Å². The second-order valence-corrected chi connectivity index (χ2v) is 15.0. The molecule has 7 nitrogen and oxygen atoms in total. The molecule has 0 heterocycles. The summed E-state index contributed by atoms with van der Waals surface area (Å²) in [6, 6.07) is 0. The smallest absolute Gasteiger partial charge is 0.478 e. The maximum Gasteiger partial charge on any atom is 0.509 e. The molecule has 6 aliphatic rings. The fourth-order valence-electron chi connectivity index (χ4n) is 11.2. The van der Waals surface area contributed by atoms with Crippen molar-refractivity contribution in [3.8, 4) is 0 Å². The Kier molecular flexibility index (Phi) is 6.07. The van der Waals surface area contributed by atoms with Gasteiger partial charge in [0.25, 0.3) is 0 Å². The summed E-state index contributed by atoms with van der Waals surface area (Å²) in [6.45, 7) is 11.1. The van der Waals surface area contributed by atoms with Crippen LogP contribution in [-0.2, 0) is 19.1 Å². The van der Waals surface area contributed by atoms with Gasteiger partial charge in [0.15, 0.2) is 11.5 Å². The molecule has 6 aliphatic carbocycles. The Morgan fingerprint density at radius 2 is 1.73 bits per heavy atom. The summed E-state index contributed by atoms with van der Waals surface area (Å²) in [6.07, 6.45) is 0.404. The molecule has 0 spiro atoms. The summed E-state index contributed by atoms with van der Waals surface area (Å²) in [5, 5.41) is 22.3. The van der Waals surface area contributed by atoms with E-state index in [0.29, 0.717) is 11.8 Å². The first-order valence-corrected chi connectivity index (χ1v) is 15.1. The molecule has 41 heavy (non-hydrogen) atoms. The molecule has 0 saturated heterocycles. The number of rotatable bonds is 3. The third-order valence-electron chi connectivity index (χ3n) is 13.2. The van der Waals surface area contributed by atoms with Crippen LogP contribution in [0.4, 0.5) is 13.6 Å². The van der Waals surface area contributed by atoms with E-state index in [0.717, 1.165) is 18.9 Å². The van der Waals surface area contributed by atoms with Crippen LogP contribution in [0.25, 0.3) is 0 Å². The van der Waals surface area contributed by atoms with Gasteiger partial charge in [-0.2, -0.15) is 0 Å². The lowest BCUT2D eigenvalue weighted by atomic mass is 9.44. The molecule has 9 heteroatoms. The summed E-state index contributed by atoms with van der Waals surface area (Å²) in [5.74, 6) is -3.42. The molecule has 2 bridgehead atoms. The molecule has 0 amide bonds. The van der Waals surface area contributed by atoms with Crippen molar-refractivity contribution in [3.63, 3.8) is 0 Å². The molecule has 0 aliphatic heterocycles. The van der Waals surface area contributed by atoms with Gasteiger partial charge < -0.3 is 19.7 Å². The number of aliphatic hydroxyl groups is 1. The SMILES string of the molecule is C[C@@H]1[C@H]2CC[C@@H]1C(C)(C)[C@@H]2OC(=O)O[C@]1(C(=O)O)[C@H](C)C[C@H]2[C@@H]3C[C@H](F)C4=CC(=O)C=C[C@]4(C)[C@@]3(F)[C@@H](O)C[C@@]21C. The second-order valence-electron chi connectivity index (χ2n) is 15.0. The Morgan fingerprint density at radius 3 is 2.34 bits per heavy atom. The minimum Gasteiger partial charge on any atom is -0.478 e. The number of halogens is 2. The molecule has 13 atom stereocenters. The predicted octanol–water partition coefficient (Wildman–Crippen LogP) is 5.60. The van der Waals surface area contributed by atoms with Crippen LogP contribution in [0.5, 0.6) is 0 Å². The quantitative estimate of drug-likeness (QED) is 0.421. The zero-order chi connectivity index (χ0) is 30.1. The Balaban J connectivity index is 1.35. The van der Waals surface area contributed by atoms with E-state index in [1.807, 2.05) is 0 Å². The van der Waals surface area contributed by atoms with Gasteiger partial charge in [-0.05, 0) is 80.4 Å². The minimum absolute atomic E-state index is 0.00415. The molecule has 0 radical (unpaired) electrons. The molecule has 6 rings (SSSR count). The highest BCUT2D eigenvalue weighted by Crippen LogP contribution is 2.71. The average molecular weight is 577 g/mol. The monoisotopic (exact) mass is 576 g/mol. The summed E-state index contributed by atoms with van der Waals surface area (Å²) in [4.78, 5) is 38.7. The van der Waals surface area contributed by atoms with Crippen molar-refractivity contribution < 1.29 is 42.9 Å². The number of aliphatic carboxylic acids is 1. The number of aliphatic hydroxyl groups excluding tert-OH is 1. The number of hydrogen-bond donors (Lipinski definition) is 2. The van der Waals surface area contributed by atoms with E-state index in [9.17, 15) is 24.6 Å². The van der Waals surface area contributed by atoms with Crippen molar-refractivity contribution in [2.24, 2.45) is 51.8 Å². The molecule has 5 fully saturated rings. The van der Waals surface area contributed by atoms with Gasteiger partial charge in [0.05, 0.1) is 6.10 Å². The van der Waals surface area contributed by atoms with Gasteiger partial charge in [0.2, 0.25) is 5.60 Å². The zero-order valence-electron chi connectivity index (χ0n) is 24.7. The summed E-state index contributed by atoms with van der Waals surface area (Å²) >= 11 is 0. The number of ether oxygens (including phenoxy) is 2.